The van der Waals surface area contributed by atoms with Gasteiger partial charge in [0.25, 0.3) is 0 Å². The van der Waals surface area contributed by atoms with Gasteiger partial charge in [-0.2, -0.15) is 0 Å². The third-order valence-electron chi connectivity index (χ3n) is 2.99. The van der Waals surface area contributed by atoms with Crippen LogP contribution in [-0.4, -0.2) is 36.4 Å². The molecule has 1 aromatic heterocycles. The molecule has 5 heteroatoms. The summed E-state index contributed by atoms with van der Waals surface area (Å²) in [6, 6.07) is 0. The van der Waals surface area contributed by atoms with Crippen LogP contribution in [0.15, 0.2) is 12.4 Å². The van der Waals surface area contributed by atoms with Crippen molar-refractivity contribution in [3.05, 3.63) is 18.2 Å². The first-order valence-electron chi connectivity index (χ1n) is 5.62. The zero-order chi connectivity index (χ0) is 10.5. The second kappa shape index (κ2) is 6.89. The Morgan fingerprint density at radius 2 is 2.25 bits per heavy atom. The molecular weight excluding hydrogens is 226 g/mol. The number of hydrogen-bond acceptors (Lipinski definition) is 3. The van der Waals surface area contributed by atoms with Crippen molar-refractivity contribution in [2.45, 2.75) is 25.3 Å². The van der Waals surface area contributed by atoms with E-state index >= 15 is 0 Å². The molecule has 0 atom stereocenters. The van der Waals surface area contributed by atoms with E-state index in [9.17, 15) is 0 Å². The summed E-state index contributed by atoms with van der Waals surface area (Å²) < 4.78 is 7.32. The molecule has 0 saturated carbocycles. The maximum atomic E-state index is 5.10. The van der Waals surface area contributed by atoms with Crippen LogP contribution in [-0.2, 0) is 11.3 Å². The molecule has 1 fully saturated rings. The highest BCUT2D eigenvalue weighted by Gasteiger charge is 2.19. The summed E-state index contributed by atoms with van der Waals surface area (Å²) in [4.78, 5) is 4.47. The first-order chi connectivity index (χ1) is 7.42. The highest BCUT2D eigenvalue weighted by atomic mass is 35.5. The van der Waals surface area contributed by atoms with E-state index in [1.54, 1.807) is 7.11 Å². The third-order valence-corrected chi connectivity index (χ3v) is 2.99. The third kappa shape index (κ3) is 3.20. The zero-order valence-electron chi connectivity index (χ0n) is 9.69. The Hall–Kier alpha value is -0.580. The number of methoxy groups -OCH3 is 1. The quantitative estimate of drug-likeness (QED) is 0.872. The van der Waals surface area contributed by atoms with Crippen LogP contribution in [0.25, 0.3) is 0 Å². The maximum absolute atomic E-state index is 5.10. The Balaban J connectivity index is 0.00000128. The molecule has 0 aromatic carbocycles. The van der Waals surface area contributed by atoms with E-state index in [2.05, 4.69) is 21.1 Å². The fourth-order valence-corrected chi connectivity index (χ4v) is 2.14. The number of halogens is 1. The molecule has 1 aliphatic rings. The van der Waals surface area contributed by atoms with Gasteiger partial charge >= 0.3 is 0 Å². The van der Waals surface area contributed by atoms with Crippen molar-refractivity contribution in [1.82, 2.24) is 14.9 Å². The van der Waals surface area contributed by atoms with E-state index in [4.69, 9.17) is 4.74 Å². The lowest BCUT2D eigenvalue weighted by molar-refractivity contribution is 0.185. The molecule has 1 saturated heterocycles. The van der Waals surface area contributed by atoms with Crippen LogP contribution in [0.3, 0.4) is 0 Å². The molecule has 2 rings (SSSR count). The van der Waals surface area contributed by atoms with Crippen LogP contribution in [0, 0.1) is 0 Å². The van der Waals surface area contributed by atoms with E-state index in [1.165, 1.54) is 18.7 Å². The summed E-state index contributed by atoms with van der Waals surface area (Å²) in [5.41, 5.74) is 0. The van der Waals surface area contributed by atoms with Crippen molar-refractivity contribution >= 4 is 12.4 Å². The van der Waals surface area contributed by atoms with Gasteiger partial charge in [0.15, 0.2) is 0 Å². The van der Waals surface area contributed by atoms with E-state index in [0.29, 0.717) is 5.92 Å². The highest BCUT2D eigenvalue weighted by molar-refractivity contribution is 5.85. The number of imidazole rings is 1. The predicted octanol–water partition coefficient (Wildman–Crippen LogP) is 1.42. The SMILES string of the molecule is COCCn1ccnc1C1CCNCC1.Cl. The summed E-state index contributed by atoms with van der Waals surface area (Å²) in [6.45, 7) is 3.90. The minimum Gasteiger partial charge on any atom is -0.383 e. The molecule has 0 unspecified atom stereocenters. The van der Waals surface area contributed by atoms with Gasteiger partial charge in [0, 0.05) is 32.0 Å². The van der Waals surface area contributed by atoms with Crippen molar-refractivity contribution < 1.29 is 4.74 Å². The molecule has 16 heavy (non-hydrogen) atoms. The average molecular weight is 246 g/mol. The van der Waals surface area contributed by atoms with Gasteiger partial charge in [-0.15, -0.1) is 12.4 Å². The standard InChI is InChI=1S/C11H19N3O.ClH/c1-15-9-8-14-7-6-13-11(14)10-2-4-12-5-3-10;/h6-7,10,12H,2-5,8-9H2,1H3;1H. The van der Waals surface area contributed by atoms with Gasteiger partial charge in [0.05, 0.1) is 6.61 Å². The summed E-state index contributed by atoms with van der Waals surface area (Å²) in [5.74, 6) is 1.85. The number of rotatable bonds is 4. The summed E-state index contributed by atoms with van der Waals surface area (Å²) >= 11 is 0. The molecular formula is C11H20ClN3O. The fourth-order valence-electron chi connectivity index (χ4n) is 2.14. The first kappa shape index (κ1) is 13.5. The molecule has 92 valence electrons. The van der Waals surface area contributed by atoms with Crippen LogP contribution in [0.5, 0.6) is 0 Å². The van der Waals surface area contributed by atoms with Crippen molar-refractivity contribution in [1.29, 1.82) is 0 Å². The Morgan fingerprint density at radius 1 is 1.50 bits per heavy atom. The van der Waals surface area contributed by atoms with E-state index in [0.717, 1.165) is 26.2 Å². The lowest BCUT2D eigenvalue weighted by atomic mass is 9.97. The van der Waals surface area contributed by atoms with Gasteiger partial charge in [-0.1, -0.05) is 0 Å². The molecule has 1 N–H and O–H groups in total. The molecule has 0 aliphatic carbocycles. The van der Waals surface area contributed by atoms with Crippen LogP contribution < -0.4 is 5.32 Å². The second-order valence-corrected chi connectivity index (χ2v) is 4.00. The van der Waals surface area contributed by atoms with Crippen molar-refractivity contribution in [2.24, 2.45) is 0 Å². The molecule has 1 aliphatic heterocycles. The van der Waals surface area contributed by atoms with Crippen LogP contribution in [0.1, 0.15) is 24.6 Å². The molecule has 0 bridgehead atoms. The Kier molecular flexibility index (Phi) is 5.80. The average Bonchev–Trinajstić information content (AvgIpc) is 2.75. The zero-order valence-corrected chi connectivity index (χ0v) is 10.5. The van der Waals surface area contributed by atoms with Gasteiger partial charge in [0.2, 0.25) is 0 Å². The molecule has 4 nitrogen and oxygen atoms in total. The monoisotopic (exact) mass is 245 g/mol. The molecule has 0 radical (unpaired) electrons. The van der Waals surface area contributed by atoms with Gasteiger partial charge in [-0.25, -0.2) is 4.98 Å². The summed E-state index contributed by atoms with van der Waals surface area (Å²) in [5, 5.41) is 3.38. The number of aromatic nitrogens is 2. The highest BCUT2D eigenvalue weighted by Crippen LogP contribution is 2.23. The number of hydrogen-bond donors (Lipinski definition) is 1. The molecule has 2 heterocycles. The fraction of sp³-hybridized carbons (Fsp3) is 0.727. The smallest absolute Gasteiger partial charge is 0.111 e. The Labute approximate surface area is 103 Å². The number of piperidine rings is 1. The topological polar surface area (TPSA) is 39.1 Å². The second-order valence-electron chi connectivity index (χ2n) is 4.00. The largest absolute Gasteiger partial charge is 0.383 e. The minimum atomic E-state index is 0. The van der Waals surface area contributed by atoms with Crippen molar-refractivity contribution in [3.63, 3.8) is 0 Å². The normalized spacial score (nSPS) is 17.1. The van der Waals surface area contributed by atoms with Gasteiger partial charge < -0.3 is 14.6 Å². The number of nitrogens with zero attached hydrogens (tertiary/aromatic N) is 2. The summed E-state index contributed by atoms with van der Waals surface area (Å²) in [7, 11) is 1.74. The predicted molar refractivity (Wildman–Crippen MR) is 66.2 cm³/mol. The van der Waals surface area contributed by atoms with Crippen molar-refractivity contribution in [3.8, 4) is 0 Å². The lowest BCUT2D eigenvalue weighted by Gasteiger charge is -2.22. The van der Waals surface area contributed by atoms with Gasteiger partial charge in [-0.3, -0.25) is 0 Å². The first-order valence-corrected chi connectivity index (χ1v) is 5.62. The molecule has 0 amide bonds. The number of nitrogens with one attached hydrogen (secondary N) is 1. The lowest BCUT2D eigenvalue weighted by Crippen LogP contribution is -2.28. The van der Waals surface area contributed by atoms with E-state index in [1.807, 2.05) is 6.20 Å². The van der Waals surface area contributed by atoms with Crippen LogP contribution >= 0.6 is 12.4 Å². The minimum absolute atomic E-state index is 0. The molecule has 1 aromatic rings. The van der Waals surface area contributed by atoms with E-state index < -0.39 is 0 Å². The molecule has 0 spiro atoms. The van der Waals surface area contributed by atoms with Crippen molar-refractivity contribution in [2.75, 3.05) is 26.8 Å². The summed E-state index contributed by atoms with van der Waals surface area (Å²) in [6.07, 6.45) is 6.34. The Bertz CT molecular complexity index is 297. The number of ether oxygens (including phenoxy) is 1. The van der Waals surface area contributed by atoms with Gasteiger partial charge in [-0.05, 0) is 25.9 Å². The van der Waals surface area contributed by atoms with Crippen LogP contribution in [0.2, 0.25) is 0 Å². The van der Waals surface area contributed by atoms with Gasteiger partial charge in [0.1, 0.15) is 5.82 Å². The Morgan fingerprint density at radius 3 is 2.94 bits per heavy atom. The van der Waals surface area contributed by atoms with Crippen LogP contribution in [0.4, 0.5) is 0 Å². The maximum Gasteiger partial charge on any atom is 0.111 e. The van der Waals surface area contributed by atoms with E-state index in [-0.39, 0.29) is 12.4 Å².